The van der Waals surface area contributed by atoms with Gasteiger partial charge < -0.3 is 10.1 Å². The first kappa shape index (κ1) is 24.8. The van der Waals surface area contributed by atoms with Crippen LogP contribution in [0.1, 0.15) is 11.1 Å². The zero-order valence-corrected chi connectivity index (χ0v) is 20.2. The van der Waals surface area contributed by atoms with Crippen molar-refractivity contribution in [2.24, 2.45) is 0 Å². The van der Waals surface area contributed by atoms with Crippen molar-refractivity contribution in [3.63, 3.8) is 0 Å². The molecule has 1 aliphatic rings. The summed E-state index contributed by atoms with van der Waals surface area (Å²) < 4.78 is 45.9. The predicted octanol–water partition coefficient (Wildman–Crippen LogP) is 2.94. The Morgan fingerprint density at radius 1 is 1.06 bits per heavy atom. The van der Waals surface area contributed by atoms with Gasteiger partial charge in [-0.05, 0) is 36.8 Å². The quantitative estimate of drug-likeness (QED) is 0.514. The highest BCUT2D eigenvalue weighted by Crippen LogP contribution is 2.20. The molecule has 0 atom stereocenters. The molecule has 1 N–H and O–H groups in total. The number of nitrogens with one attached hydrogen (secondary N) is 1. The fourth-order valence-electron chi connectivity index (χ4n) is 3.67. The third kappa shape index (κ3) is 6.62. The number of hydrogen-bond acceptors (Lipinski definition) is 6. The second kappa shape index (κ2) is 10.9. The third-order valence-corrected chi connectivity index (χ3v) is 7.58. The third-order valence-electron chi connectivity index (χ3n) is 5.66. The van der Waals surface area contributed by atoms with Gasteiger partial charge in [-0.2, -0.15) is 4.31 Å². The predicted molar refractivity (Wildman–Crippen MR) is 129 cm³/mol. The lowest BCUT2D eigenvalue weighted by atomic mass is 10.2. The molecule has 2 aromatic carbocycles. The van der Waals surface area contributed by atoms with Gasteiger partial charge in [0.15, 0.2) is 0 Å². The minimum atomic E-state index is -3.53. The summed E-state index contributed by atoms with van der Waals surface area (Å²) in [7, 11) is -3.53. The van der Waals surface area contributed by atoms with E-state index in [0.717, 1.165) is 11.1 Å². The molecule has 3 aromatic rings. The summed E-state index contributed by atoms with van der Waals surface area (Å²) in [6, 6.07) is 16.0. The lowest BCUT2D eigenvalue weighted by molar-refractivity contribution is -0.122. The lowest BCUT2D eigenvalue weighted by Crippen LogP contribution is -2.50. The number of aromatic nitrogens is 1. The second-order valence-electron chi connectivity index (χ2n) is 8.33. The molecular weight excluding hydrogens is 471 g/mol. The van der Waals surface area contributed by atoms with E-state index in [-0.39, 0.29) is 17.3 Å². The van der Waals surface area contributed by atoms with Gasteiger partial charge >= 0.3 is 0 Å². The second-order valence-corrected chi connectivity index (χ2v) is 10.3. The van der Waals surface area contributed by atoms with E-state index in [0.29, 0.717) is 44.4 Å². The number of halogens is 1. The number of aryl methyl sites for hydroxylation is 1. The normalized spacial score (nSPS) is 15.0. The molecule has 1 aliphatic heterocycles. The highest BCUT2D eigenvalue weighted by atomic mass is 32.2. The number of rotatable bonds is 8. The Labute approximate surface area is 204 Å². The molecule has 1 aromatic heterocycles. The molecule has 4 rings (SSSR count). The average molecular weight is 499 g/mol. The Balaban J connectivity index is 1.21. The van der Waals surface area contributed by atoms with E-state index < -0.39 is 15.8 Å². The van der Waals surface area contributed by atoms with Crippen molar-refractivity contribution in [2.45, 2.75) is 18.4 Å². The van der Waals surface area contributed by atoms with Crippen molar-refractivity contribution < 1.29 is 22.3 Å². The average Bonchev–Trinajstić information content (AvgIpc) is 2.84. The number of carbonyl (C=O) groups is 1. The standard InChI is InChI=1S/C25H27FN4O4S/c1-19-5-8-23(9-6-19)35(32,33)30-13-11-29(12-14-30)18-24(31)27-16-20-7-10-25(28-17-20)34-22-4-2-3-21(26)15-22/h2-10,15,17H,11-14,16,18H2,1H3,(H,27,31). The van der Waals surface area contributed by atoms with Crippen LogP contribution in [0.25, 0.3) is 0 Å². The fraction of sp³-hybridized carbons (Fsp3) is 0.280. The number of nitrogens with zero attached hydrogens (tertiary/aromatic N) is 3. The first-order chi connectivity index (χ1) is 16.8. The molecule has 0 aliphatic carbocycles. The number of benzene rings is 2. The van der Waals surface area contributed by atoms with Gasteiger partial charge in [0.1, 0.15) is 11.6 Å². The maximum Gasteiger partial charge on any atom is 0.243 e. The van der Waals surface area contributed by atoms with E-state index in [4.69, 9.17) is 4.74 Å². The number of carbonyl (C=O) groups excluding carboxylic acids is 1. The van der Waals surface area contributed by atoms with Crippen LogP contribution in [-0.4, -0.2) is 61.2 Å². The van der Waals surface area contributed by atoms with E-state index in [1.165, 1.54) is 16.4 Å². The minimum Gasteiger partial charge on any atom is -0.439 e. The molecule has 10 heteroatoms. The van der Waals surface area contributed by atoms with E-state index in [2.05, 4.69) is 10.3 Å². The van der Waals surface area contributed by atoms with Crippen molar-refractivity contribution in [1.82, 2.24) is 19.5 Å². The summed E-state index contributed by atoms with van der Waals surface area (Å²) in [5.41, 5.74) is 1.79. The molecule has 0 spiro atoms. The summed E-state index contributed by atoms with van der Waals surface area (Å²) in [4.78, 5) is 18.8. The highest BCUT2D eigenvalue weighted by Gasteiger charge is 2.28. The number of piperazine rings is 1. The number of pyridine rings is 1. The van der Waals surface area contributed by atoms with E-state index in [1.54, 1.807) is 54.7 Å². The number of hydrogen-bond donors (Lipinski definition) is 1. The zero-order chi connectivity index (χ0) is 24.8. The molecule has 2 heterocycles. The maximum atomic E-state index is 13.3. The van der Waals surface area contributed by atoms with Gasteiger partial charge in [0.25, 0.3) is 0 Å². The Hall–Kier alpha value is -3.34. The monoisotopic (exact) mass is 498 g/mol. The van der Waals surface area contributed by atoms with Crippen LogP contribution in [0.4, 0.5) is 4.39 Å². The molecule has 184 valence electrons. The molecule has 1 saturated heterocycles. The Morgan fingerprint density at radius 2 is 1.80 bits per heavy atom. The van der Waals surface area contributed by atoms with Crippen LogP contribution < -0.4 is 10.1 Å². The van der Waals surface area contributed by atoms with E-state index in [1.807, 2.05) is 11.8 Å². The summed E-state index contributed by atoms with van der Waals surface area (Å²) in [5.74, 6) is 0.130. The summed E-state index contributed by atoms with van der Waals surface area (Å²) in [5, 5.41) is 2.85. The van der Waals surface area contributed by atoms with Gasteiger partial charge in [0.05, 0.1) is 11.4 Å². The van der Waals surface area contributed by atoms with Crippen molar-refractivity contribution in [2.75, 3.05) is 32.7 Å². The first-order valence-electron chi connectivity index (χ1n) is 11.2. The van der Waals surface area contributed by atoms with E-state index in [9.17, 15) is 17.6 Å². The van der Waals surface area contributed by atoms with Crippen LogP contribution in [0, 0.1) is 12.7 Å². The molecule has 1 fully saturated rings. The first-order valence-corrected chi connectivity index (χ1v) is 12.7. The largest absolute Gasteiger partial charge is 0.439 e. The fourth-order valence-corrected chi connectivity index (χ4v) is 5.10. The molecule has 8 nitrogen and oxygen atoms in total. The van der Waals surface area contributed by atoms with Crippen LogP contribution in [0.5, 0.6) is 11.6 Å². The summed E-state index contributed by atoms with van der Waals surface area (Å²) in [6.07, 6.45) is 1.59. The number of amides is 1. The molecule has 0 bridgehead atoms. The summed E-state index contributed by atoms with van der Waals surface area (Å²) >= 11 is 0. The molecule has 1 amide bonds. The summed E-state index contributed by atoms with van der Waals surface area (Å²) in [6.45, 7) is 4.02. The molecule has 35 heavy (non-hydrogen) atoms. The molecule has 0 radical (unpaired) electrons. The Kier molecular flexibility index (Phi) is 7.74. The minimum absolute atomic E-state index is 0.153. The number of ether oxygens (including phenoxy) is 1. The van der Waals surface area contributed by atoms with Crippen molar-refractivity contribution >= 4 is 15.9 Å². The highest BCUT2D eigenvalue weighted by molar-refractivity contribution is 7.89. The van der Waals surface area contributed by atoms with Crippen LogP contribution in [0.15, 0.2) is 71.8 Å². The van der Waals surface area contributed by atoms with Gasteiger partial charge in [-0.25, -0.2) is 17.8 Å². The van der Waals surface area contributed by atoms with Crippen molar-refractivity contribution in [1.29, 1.82) is 0 Å². The Morgan fingerprint density at radius 3 is 2.46 bits per heavy atom. The van der Waals surface area contributed by atoms with Gasteiger partial charge in [-0.1, -0.05) is 29.8 Å². The van der Waals surface area contributed by atoms with Crippen LogP contribution in [0.3, 0.4) is 0 Å². The molecule has 0 saturated carbocycles. The maximum absolute atomic E-state index is 13.3. The topological polar surface area (TPSA) is 91.8 Å². The van der Waals surface area contributed by atoms with Crippen LogP contribution >= 0.6 is 0 Å². The Bertz CT molecular complexity index is 1260. The number of sulfonamides is 1. The van der Waals surface area contributed by atoms with Gasteiger partial charge in [0, 0.05) is 51.1 Å². The van der Waals surface area contributed by atoms with Crippen molar-refractivity contribution in [3.05, 3.63) is 83.8 Å². The van der Waals surface area contributed by atoms with Crippen LogP contribution in [0.2, 0.25) is 0 Å². The zero-order valence-electron chi connectivity index (χ0n) is 19.4. The van der Waals surface area contributed by atoms with Gasteiger partial charge in [-0.15, -0.1) is 0 Å². The lowest BCUT2D eigenvalue weighted by Gasteiger charge is -2.33. The van der Waals surface area contributed by atoms with Gasteiger partial charge in [-0.3, -0.25) is 9.69 Å². The smallest absolute Gasteiger partial charge is 0.243 e. The van der Waals surface area contributed by atoms with Crippen LogP contribution in [-0.2, 0) is 21.4 Å². The van der Waals surface area contributed by atoms with E-state index >= 15 is 0 Å². The molecular formula is C25H27FN4O4S. The SMILES string of the molecule is Cc1ccc(S(=O)(=O)N2CCN(CC(=O)NCc3ccc(Oc4cccc(F)c4)nc3)CC2)cc1. The van der Waals surface area contributed by atoms with Crippen molar-refractivity contribution in [3.8, 4) is 11.6 Å². The van der Waals surface area contributed by atoms with Gasteiger partial charge in [0.2, 0.25) is 21.8 Å². The molecule has 0 unspecified atom stereocenters.